The lowest BCUT2D eigenvalue weighted by molar-refractivity contribution is -0.125. The Kier molecular flexibility index (Phi) is 4.22. The fourth-order valence-electron chi connectivity index (χ4n) is 3.97. The molecule has 1 amide bonds. The number of likely N-dealkylation sites (tertiary alicyclic amines) is 1. The minimum atomic E-state index is 0.118. The van der Waals surface area contributed by atoms with E-state index in [9.17, 15) is 4.79 Å². The molecule has 2 aliphatic rings. The van der Waals surface area contributed by atoms with E-state index in [2.05, 4.69) is 15.3 Å². The van der Waals surface area contributed by atoms with Gasteiger partial charge in [0.05, 0.1) is 0 Å². The first kappa shape index (κ1) is 15.8. The summed E-state index contributed by atoms with van der Waals surface area (Å²) in [6, 6.07) is 12.3. The highest BCUT2D eigenvalue weighted by molar-refractivity contribution is 5.92. The molecule has 0 bridgehead atoms. The highest BCUT2D eigenvalue weighted by atomic mass is 16.2. The van der Waals surface area contributed by atoms with Gasteiger partial charge in [0.15, 0.2) is 0 Å². The van der Waals surface area contributed by atoms with Gasteiger partial charge < -0.3 is 10.2 Å². The highest BCUT2D eigenvalue weighted by Crippen LogP contribution is 2.49. The van der Waals surface area contributed by atoms with Crippen LogP contribution in [-0.4, -0.2) is 39.9 Å². The lowest BCUT2D eigenvalue weighted by Crippen LogP contribution is -2.47. The van der Waals surface area contributed by atoms with E-state index in [4.69, 9.17) is 0 Å². The number of anilines is 1. The molecule has 1 aliphatic heterocycles. The zero-order valence-corrected chi connectivity index (χ0v) is 14.1. The fraction of sp³-hybridized carbons (Fsp3) is 0.350. The number of hydrogen-bond acceptors (Lipinski definition) is 4. The molecule has 1 aliphatic carbocycles. The van der Waals surface area contributed by atoms with Gasteiger partial charge in [0.2, 0.25) is 5.91 Å². The van der Waals surface area contributed by atoms with Crippen LogP contribution in [-0.2, 0) is 4.79 Å². The Hall–Kier alpha value is -2.69. The van der Waals surface area contributed by atoms with E-state index < -0.39 is 0 Å². The van der Waals surface area contributed by atoms with Crippen molar-refractivity contribution in [1.29, 1.82) is 0 Å². The Morgan fingerprint density at radius 1 is 1.24 bits per heavy atom. The third kappa shape index (κ3) is 3.55. The van der Waals surface area contributed by atoms with Crippen LogP contribution in [0.2, 0.25) is 0 Å². The second kappa shape index (κ2) is 6.67. The van der Waals surface area contributed by atoms with Crippen molar-refractivity contribution in [3.63, 3.8) is 0 Å². The Morgan fingerprint density at radius 3 is 2.84 bits per heavy atom. The Morgan fingerprint density at radius 2 is 2.08 bits per heavy atom. The lowest BCUT2D eigenvalue weighted by atomic mass is 9.65. The predicted octanol–water partition coefficient (Wildman–Crippen LogP) is 2.98. The summed E-state index contributed by atoms with van der Waals surface area (Å²) in [4.78, 5) is 22.6. The Bertz CT molecular complexity index is 754. The molecule has 1 aromatic carbocycles. The molecule has 4 rings (SSSR count). The van der Waals surface area contributed by atoms with Crippen LogP contribution in [0.4, 0.5) is 5.82 Å². The molecule has 0 atom stereocenters. The molecule has 5 heteroatoms. The molecule has 1 aromatic heterocycles. The van der Waals surface area contributed by atoms with Crippen molar-refractivity contribution in [2.45, 2.75) is 25.3 Å². The summed E-state index contributed by atoms with van der Waals surface area (Å²) in [5, 5.41) is 3.45. The molecule has 25 heavy (non-hydrogen) atoms. The van der Waals surface area contributed by atoms with Gasteiger partial charge in [-0.05, 0) is 42.4 Å². The van der Waals surface area contributed by atoms with E-state index in [-0.39, 0.29) is 5.91 Å². The SMILES string of the molecule is O=C(/C=C/c1ccccc1)N1CCC2(CC(Nc3ccncn3)C2)C1. The lowest BCUT2D eigenvalue weighted by Gasteiger charge is -2.45. The zero-order valence-electron chi connectivity index (χ0n) is 14.1. The van der Waals surface area contributed by atoms with Gasteiger partial charge in [0, 0.05) is 31.4 Å². The summed E-state index contributed by atoms with van der Waals surface area (Å²) in [6.45, 7) is 1.73. The summed E-state index contributed by atoms with van der Waals surface area (Å²) in [5.74, 6) is 1.000. The van der Waals surface area contributed by atoms with Crippen LogP contribution in [0.15, 0.2) is 55.0 Å². The third-order valence-electron chi connectivity index (χ3n) is 5.26. The maximum atomic E-state index is 12.4. The normalized spacial score (nSPS) is 25.3. The molecule has 5 nitrogen and oxygen atoms in total. The van der Waals surface area contributed by atoms with Gasteiger partial charge in [-0.3, -0.25) is 4.79 Å². The second-order valence-electron chi connectivity index (χ2n) is 7.10. The van der Waals surface area contributed by atoms with Gasteiger partial charge in [0.25, 0.3) is 0 Å². The summed E-state index contributed by atoms with van der Waals surface area (Å²) in [6.07, 6.45) is 10.2. The summed E-state index contributed by atoms with van der Waals surface area (Å²) >= 11 is 0. The van der Waals surface area contributed by atoms with E-state index in [1.807, 2.05) is 47.4 Å². The molecule has 128 valence electrons. The number of benzene rings is 1. The molecule has 2 aromatic rings. The van der Waals surface area contributed by atoms with Crippen molar-refractivity contribution in [1.82, 2.24) is 14.9 Å². The van der Waals surface area contributed by atoms with Gasteiger partial charge in [-0.25, -0.2) is 9.97 Å². The molecule has 1 saturated carbocycles. The third-order valence-corrected chi connectivity index (χ3v) is 5.26. The maximum Gasteiger partial charge on any atom is 0.246 e. The number of amides is 1. The van der Waals surface area contributed by atoms with Crippen molar-refractivity contribution in [3.8, 4) is 0 Å². The van der Waals surface area contributed by atoms with Crippen LogP contribution in [0.25, 0.3) is 6.08 Å². The fourth-order valence-corrected chi connectivity index (χ4v) is 3.97. The van der Waals surface area contributed by atoms with Crippen molar-refractivity contribution < 1.29 is 4.79 Å². The maximum absolute atomic E-state index is 12.4. The number of carbonyl (C=O) groups excluding carboxylic acids is 1. The van der Waals surface area contributed by atoms with E-state index in [0.717, 1.165) is 43.7 Å². The molecule has 1 spiro atoms. The van der Waals surface area contributed by atoms with Crippen molar-refractivity contribution in [2.75, 3.05) is 18.4 Å². The summed E-state index contributed by atoms with van der Waals surface area (Å²) in [7, 11) is 0. The quantitative estimate of drug-likeness (QED) is 0.873. The van der Waals surface area contributed by atoms with Crippen LogP contribution >= 0.6 is 0 Å². The number of hydrogen-bond donors (Lipinski definition) is 1. The first-order valence-electron chi connectivity index (χ1n) is 8.77. The van der Waals surface area contributed by atoms with Crippen LogP contribution in [0.1, 0.15) is 24.8 Å². The minimum Gasteiger partial charge on any atom is -0.367 e. The summed E-state index contributed by atoms with van der Waals surface area (Å²) in [5.41, 5.74) is 1.35. The van der Waals surface area contributed by atoms with E-state index >= 15 is 0 Å². The number of nitrogens with one attached hydrogen (secondary N) is 1. The van der Waals surface area contributed by atoms with E-state index in [0.29, 0.717) is 11.5 Å². The standard InChI is InChI=1S/C20H22N4O/c25-19(7-6-16-4-2-1-3-5-16)24-11-9-20(14-24)12-17(13-20)23-18-8-10-21-15-22-18/h1-8,10,15,17H,9,11-14H2,(H,21,22,23)/b7-6+. The predicted molar refractivity (Wildman–Crippen MR) is 97.8 cm³/mol. The van der Waals surface area contributed by atoms with Gasteiger partial charge in [-0.1, -0.05) is 30.3 Å². The monoisotopic (exact) mass is 334 g/mol. The summed E-state index contributed by atoms with van der Waals surface area (Å²) < 4.78 is 0. The van der Waals surface area contributed by atoms with Crippen LogP contribution in [0.5, 0.6) is 0 Å². The van der Waals surface area contributed by atoms with E-state index in [1.54, 1.807) is 18.6 Å². The smallest absolute Gasteiger partial charge is 0.246 e. The van der Waals surface area contributed by atoms with Gasteiger partial charge in [0.1, 0.15) is 12.1 Å². The van der Waals surface area contributed by atoms with Crippen LogP contribution in [0, 0.1) is 5.41 Å². The topological polar surface area (TPSA) is 58.1 Å². The van der Waals surface area contributed by atoms with Gasteiger partial charge in [-0.2, -0.15) is 0 Å². The molecule has 1 saturated heterocycles. The molecule has 2 heterocycles. The first-order chi connectivity index (χ1) is 12.2. The molecule has 0 radical (unpaired) electrons. The van der Waals surface area contributed by atoms with Gasteiger partial charge >= 0.3 is 0 Å². The first-order valence-corrected chi connectivity index (χ1v) is 8.77. The molecular formula is C20H22N4O. The number of carbonyl (C=O) groups is 1. The largest absolute Gasteiger partial charge is 0.367 e. The minimum absolute atomic E-state index is 0.118. The zero-order chi connectivity index (χ0) is 17.1. The average molecular weight is 334 g/mol. The van der Waals surface area contributed by atoms with Crippen LogP contribution < -0.4 is 5.32 Å². The van der Waals surface area contributed by atoms with Gasteiger partial charge in [-0.15, -0.1) is 0 Å². The van der Waals surface area contributed by atoms with Crippen LogP contribution in [0.3, 0.4) is 0 Å². The van der Waals surface area contributed by atoms with Crippen molar-refractivity contribution >= 4 is 17.8 Å². The van der Waals surface area contributed by atoms with E-state index in [1.165, 1.54) is 0 Å². The van der Waals surface area contributed by atoms with Crippen molar-refractivity contribution in [3.05, 3.63) is 60.6 Å². The molecular weight excluding hydrogens is 312 g/mol. The number of nitrogens with zero attached hydrogens (tertiary/aromatic N) is 3. The second-order valence-corrected chi connectivity index (χ2v) is 7.10. The molecule has 2 fully saturated rings. The molecule has 0 unspecified atom stereocenters. The number of rotatable bonds is 4. The highest BCUT2D eigenvalue weighted by Gasteiger charge is 2.49. The average Bonchev–Trinajstić information content (AvgIpc) is 3.07. The van der Waals surface area contributed by atoms with Crippen molar-refractivity contribution in [2.24, 2.45) is 5.41 Å². The Balaban J connectivity index is 1.29. The number of aromatic nitrogens is 2. The molecule has 1 N–H and O–H groups in total. The Labute approximate surface area is 147 Å².